The monoisotopic (exact) mass is 295 g/mol. The van der Waals surface area contributed by atoms with Gasteiger partial charge in [0.2, 0.25) is 10.0 Å². The van der Waals surface area contributed by atoms with Gasteiger partial charge in [-0.1, -0.05) is 0 Å². The molecule has 0 aliphatic heterocycles. The van der Waals surface area contributed by atoms with E-state index in [0.29, 0.717) is 17.3 Å². The van der Waals surface area contributed by atoms with Crippen LogP contribution in [0.1, 0.15) is 17.2 Å². The highest BCUT2D eigenvalue weighted by atomic mass is 32.2. The average molecular weight is 295 g/mol. The molecule has 0 saturated heterocycles. The molecule has 0 radical (unpaired) electrons. The summed E-state index contributed by atoms with van der Waals surface area (Å²) in [6, 6.07) is 4.65. The van der Waals surface area contributed by atoms with Crippen LogP contribution in [0, 0.1) is 13.8 Å². The van der Waals surface area contributed by atoms with Crippen LogP contribution in [0.4, 0.5) is 5.69 Å². The number of benzene rings is 1. The number of hydrogen-bond acceptors (Lipinski definition) is 5. The lowest BCUT2D eigenvalue weighted by Gasteiger charge is -2.16. The summed E-state index contributed by atoms with van der Waals surface area (Å²) >= 11 is 0. The molecular formula is C12H17N5O2S. The number of nitrogens with two attached hydrogens (primary N) is 1. The Labute approximate surface area is 117 Å². The van der Waals surface area contributed by atoms with Gasteiger partial charge in [0, 0.05) is 12.7 Å². The van der Waals surface area contributed by atoms with Gasteiger partial charge < -0.3 is 5.73 Å². The Kier molecular flexibility index (Phi) is 3.78. The average Bonchev–Trinajstić information content (AvgIpc) is 2.78. The molecule has 0 aliphatic carbocycles. The predicted molar refractivity (Wildman–Crippen MR) is 75.4 cm³/mol. The lowest BCUT2D eigenvalue weighted by Crippen LogP contribution is -2.27. The second-order valence-corrected chi connectivity index (χ2v) is 6.66. The van der Waals surface area contributed by atoms with E-state index in [0.717, 1.165) is 5.56 Å². The molecule has 0 bridgehead atoms. The Balaban J connectivity index is 2.27. The van der Waals surface area contributed by atoms with E-state index in [2.05, 4.69) is 15.2 Å². The number of hydrogen-bond donors (Lipinski definition) is 2. The third-order valence-corrected chi connectivity index (χ3v) is 4.76. The number of rotatable bonds is 4. The van der Waals surface area contributed by atoms with E-state index in [4.69, 9.17) is 5.73 Å². The van der Waals surface area contributed by atoms with E-state index >= 15 is 0 Å². The molecule has 0 aliphatic rings. The summed E-state index contributed by atoms with van der Waals surface area (Å²) in [7, 11) is -2.09. The molecule has 0 amide bonds. The number of nitrogens with one attached hydrogen (secondary N) is 1. The lowest BCUT2D eigenvalue weighted by molar-refractivity contribution is 0.457. The summed E-state index contributed by atoms with van der Waals surface area (Å²) in [5.41, 5.74) is 7.00. The second-order valence-electron chi connectivity index (χ2n) is 4.62. The summed E-state index contributed by atoms with van der Waals surface area (Å²) in [5.74, 6) is 1.08. The summed E-state index contributed by atoms with van der Waals surface area (Å²) in [4.78, 5) is 4.30. The zero-order chi connectivity index (χ0) is 14.9. The topological polar surface area (TPSA) is 105 Å². The van der Waals surface area contributed by atoms with Crippen LogP contribution in [0.15, 0.2) is 23.1 Å². The number of aryl methyl sites for hydroxylation is 2. The van der Waals surface area contributed by atoms with Crippen molar-refractivity contribution in [3.63, 3.8) is 0 Å². The van der Waals surface area contributed by atoms with Crippen LogP contribution in [-0.2, 0) is 16.6 Å². The molecule has 0 saturated carbocycles. The van der Waals surface area contributed by atoms with Gasteiger partial charge in [0.15, 0.2) is 5.82 Å². The highest BCUT2D eigenvalue weighted by Crippen LogP contribution is 2.20. The van der Waals surface area contributed by atoms with Crippen LogP contribution in [0.25, 0.3) is 0 Å². The number of nitrogen functional groups attached to an aromatic ring is 1. The minimum Gasteiger partial charge on any atom is -0.399 e. The number of aromatic amines is 1. The first-order valence-electron chi connectivity index (χ1n) is 6.01. The van der Waals surface area contributed by atoms with Gasteiger partial charge in [-0.05, 0) is 37.6 Å². The van der Waals surface area contributed by atoms with Gasteiger partial charge in [0.05, 0.1) is 11.4 Å². The third-order valence-electron chi connectivity index (χ3n) is 2.96. The van der Waals surface area contributed by atoms with E-state index in [-0.39, 0.29) is 11.4 Å². The molecule has 7 nitrogen and oxygen atoms in total. The fraction of sp³-hybridized carbons (Fsp3) is 0.333. The molecule has 1 aromatic heterocycles. The Morgan fingerprint density at radius 1 is 1.35 bits per heavy atom. The molecule has 2 aromatic rings. The first-order valence-corrected chi connectivity index (χ1v) is 7.45. The Morgan fingerprint density at radius 2 is 2.05 bits per heavy atom. The summed E-state index contributed by atoms with van der Waals surface area (Å²) in [5, 5.41) is 6.62. The minimum atomic E-state index is -3.58. The van der Waals surface area contributed by atoms with Gasteiger partial charge in [-0.25, -0.2) is 13.4 Å². The fourth-order valence-electron chi connectivity index (χ4n) is 1.73. The van der Waals surface area contributed by atoms with E-state index < -0.39 is 10.0 Å². The van der Waals surface area contributed by atoms with Crippen molar-refractivity contribution in [3.05, 3.63) is 35.4 Å². The van der Waals surface area contributed by atoms with Gasteiger partial charge in [-0.3, -0.25) is 5.10 Å². The molecule has 0 atom stereocenters. The first kappa shape index (κ1) is 14.5. The quantitative estimate of drug-likeness (QED) is 0.813. The number of H-pyrrole nitrogens is 1. The van der Waals surface area contributed by atoms with Gasteiger partial charge in [-0.15, -0.1) is 0 Å². The van der Waals surface area contributed by atoms with Crippen LogP contribution in [0.5, 0.6) is 0 Å². The molecule has 2 rings (SSSR count). The van der Waals surface area contributed by atoms with Crippen LogP contribution >= 0.6 is 0 Å². The maximum Gasteiger partial charge on any atom is 0.243 e. The van der Waals surface area contributed by atoms with E-state index in [9.17, 15) is 8.42 Å². The van der Waals surface area contributed by atoms with Crippen molar-refractivity contribution >= 4 is 15.7 Å². The van der Waals surface area contributed by atoms with Crippen LogP contribution in [-0.4, -0.2) is 35.0 Å². The third kappa shape index (κ3) is 2.81. The molecule has 1 aromatic carbocycles. The van der Waals surface area contributed by atoms with Crippen molar-refractivity contribution in [2.24, 2.45) is 0 Å². The van der Waals surface area contributed by atoms with Gasteiger partial charge in [0.25, 0.3) is 0 Å². The lowest BCUT2D eigenvalue weighted by atomic mass is 10.2. The minimum absolute atomic E-state index is 0.107. The van der Waals surface area contributed by atoms with Gasteiger partial charge in [0.1, 0.15) is 5.82 Å². The summed E-state index contributed by atoms with van der Waals surface area (Å²) < 4.78 is 26.1. The highest BCUT2D eigenvalue weighted by Gasteiger charge is 2.22. The number of sulfonamides is 1. The number of nitrogens with zero attached hydrogens (tertiary/aromatic N) is 3. The molecule has 8 heteroatoms. The fourth-order valence-corrected chi connectivity index (χ4v) is 2.94. The molecule has 3 N–H and O–H groups in total. The molecular weight excluding hydrogens is 278 g/mol. The zero-order valence-corrected chi connectivity index (χ0v) is 12.4. The Hall–Kier alpha value is -1.93. The molecule has 20 heavy (non-hydrogen) atoms. The summed E-state index contributed by atoms with van der Waals surface area (Å²) in [6.07, 6.45) is 0. The molecule has 108 valence electrons. The number of aromatic nitrogens is 3. The zero-order valence-electron chi connectivity index (χ0n) is 11.6. The van der Waals surface area contributed by atoms with Crippen molar-refractivity contribution in [2.75, 3.05) is 12.8 Å². The van der Waals surface area contributed by atoms with E-state index in [1.807, 2.05) is 0 Å². The van der Waals surface area contributed by atoms with E-state index in [1.54, 1.807) is 26.0 Å². The van der Waals surface area contributed by atoms with Crippen molar-refractivity contribution in [1.29, 1.82) is 0 Å². The standard InChI is InChI=1S/C12H17N5O2S/c1-8-6-10(4-5-11(8)13)20(18,19)17(3)7-12-14-9(2)15-16-12/h4-6H,7,13H2,1-3H3,(H,14,15,16). The van der Waals surface area contributed by atoms with Gasteiger partial charge >= 0.3 is 0 Å². The van der Waals surface area contributed by atoms with Crippen LogP contribution in [0.2, 0.25) is 0 Å². The Bertz CT molecular complexity index is 723. The maximum absolute atomic E-state index is 12.4. The molecule has 0 unspecified atom stereocenters. The largest absolute Gasteiger partial charge is 0.399 e. The molecule has 0 fully saturated rings. The number of anilines is 1. The van der Waals surface area contributed by atoms with Crippen LogP contribution in [0.3, 0.4) is 0 Å². The Morgan fingerprint density at radius 3 is 2.60 bits per heavy atom. The van der Waals surface area contributed by atoms with Crippen molar-refractivity contribution < 1.29 is 8.42 Å². The summed E-state index contributed by atoms with van der Waals surface area (Å²) in [6.45, 7) is 3.64. The molecule has 0 spiro atoms. The van der Waals surface area contributed by atoms with Crippen molar-refractivity contribution in [2.45, 2.75) is 25.3 Å². The first-order chi connectivity index (χ1) is 9.30. The second kappa shape index (κ2) is 5.22. The van der Waals surface area contributed by atoms with Crippen LogP contribution < -0.4 is 5.73 Å². The van der Waals surface area contributed by atoms with Crippen molar-refractivity contribution in [1.82, 2.24) is 19.5 Å². The normalized spacial score (nSPS) is 12.0. The smallest absolute Gasteiger partial charge is 0.243 e. The highest BCUT2D eigenvalue weighted by molar-refractivity contribution is 7.89. The SMILES string of the molecule is Cc1nc(CN(C)S(=O)(=O)c2ccc(N)c(C)c2)n[nH]1. The van der Waals surface area contributed by atoms with Crippen molar-refractivity contribution in [3.8, 4) is 0 Å². The molecule has 1 heterocycles. The van der Waals surface area contributed by atoms with Gasteiger partial charge in [-0.2, -0.15) is 9.40 Å². The van der Waals surface area contributed by atoms with E-state index in [1.165, 1.54) is 17.4 Å². The predicted octanol–water partition coefficient (Wildman–Crippen LogP) is 0.824. The maximum atomic E-state index is 12.4.